The fourth-order valence-corrected chi connectivity index (χ4v) is 1.15. The zero-order valence-corrected chi connectivity index (χ0v) is 6.92. The van der Waals surface area contributed by atoms with Gasteiger partial charge in [-0.25, -0.2) is 0 Å². The molecule has 0 saturated carbocycles. The van der Waals surface area contributed by atoms with Crippen LogP contribution in [0.4, 0.5) is 0 Å². The van der Waals surface area contributed by atoms with Crippen molar-refractivity contribution in [1.82, 2.24) is 4.90 Å². The molecule has 2 rings (SSSR count). The maximum absolute atomic E-state index is 2.21. The summed E-state index contributed by atoms with van der Waals surface area (Å²) in [5.41, 5.74) is 1.28. The lowest BCUT2D eigenvalue weighted by Gasteiger charge is -2.23. The van der Waals surface area contributed by atoms with Gasteiger partial charge in [-0.3, -0.25) is 0 Å². The van der Waals surface area contributed by atoms with E-state index in [4.69, 9.17) is 0 Å². The van der Waals surface area contributed by atoms with Crippen LogP contribution < -0.4 is 0 Å². The SMILES string of the molecule is C1=CCN2C=CC=CC2=C1.Cl. The Morgan fingerprint density at radius 1 is 1.18 bits per heavy atom. The molecule has 0 atom stereocenters. The third-order valence-electron chi connectivity index (χ3n) is 1.68. The summed E-state index contributed by atoms with van der Waals surface area (Å²) in [7, 11) is 0. The number of hydrogen-bond donors (Lipinski definition) is 0. The molecule has 2 aliphatic heterocycles. The van der Waals surface area contributed by atoms with Gasteiger partial charge in [0.25, 0.3) is 0 Å². The smallest absolute Gasteiger partial charge is 0.0409 e. The van der Waals surface area contributed by atoms with Crippen LogP contribution in [0.1, 0.15) is 0 Å². The van der Waals surface area contributed by atoms with E-state index < -0.39 is 0 Å². The second kappa shape index (κ2) is 3.44. The van der Waals surface area contributed by atoms with Gasteiger partial charge < -0.3 is 4.90 Å². The van der Waals surface area contributed by atoms with Crippen LogP contribution in [0.25, 0.3) is 0 Å². The van der Waals surface area contributed by atoms with Gasteiger partial charge in [-0.05, 0) is 18.2 Å². The lowest BCUT2D eigenvalue weighted by atomic mass is 10.2. The normalized spacial score (nSPS) is 18.9. The summed E-state index contributed by atoms with van der Waals surface area (Å²) in [6.45, 7) is 1.01. The van der Waals surface area contributed by atoms with E-state index in [1.807, 2.05) is 0 Å². The molecule has 1 nitrogen and oxygen atoms in total. The molecule has 0 fully saturated rings. The van der Waals surface area contributed by atoms with Crippen LogP contribution in [0.2, 0.25) is 0 Å². The molecule has 0 aliphatic carbocycles. The van der Waals surface area contributed by atoms with E-state index in [1.165, 1.54) is 5.70 Å². The lowest BCUT2D eigenvalue weighted by Crippen LogP contribution is -2.18. The number of fused-ring (bicyclic) bond motifs is 1. The summed E-state index contributed by atoms with van der Waals surface area (Å²) in [5, 5.41) is 0. The number of halogens is 1. The van der Waals surface area contributed by atoms with Crippen molar-refractivity contribution >= 4 is 12.4 Å². The Kier molecular flexibility index (Phi) is 2.55. The van der Waals surface area contributed by atoms with Gasteiger partial charge >= 0.3 is 0 Å². The van der Waals surface area contributed by atoms with Crippen molar-refractivity contribution in [3.8, 4) is 0 Å². The standard InChI is InChI=1S/C9H9N.ClH/c1-3-7-10-8-4-2-6-9(10)5-1;/h1-7H,8H2;1H. The molecular weight excluding hydrogens is 158 g/mol. The number of hydrogen-bond acceptors (Lipinski definition) is 1. The first kappa shape index (κ1) is 8.15. The Labute approximate surface area is 72.8 Å². The average Bonchev–Trinajstić information content (AvgIpc) is 2.05. The molecule has 0 aromatic carbocycles. The summed E-state index contributed by atoms with van der Waals surface area (Å²) in [4.78, 5) is 2.21. The first-order chi connectivity index (χ1) is 4.97. The van der Waals surface area contributed by atoms with Gasteiger partial charge in [0.15, 0.2) is 0 Å². The Balaban J connectivity index is 0.000000605. The van der Waals surface area contributed by atoms with E-state index in [9.17, 15) is 0 Å². The van der Waals surface area contributed by atoms with Gasteiger partial charge in [0, 0.05) is 18.4 Å². The molecule has 0 saturated heterocycles. The molecule has 0 aromatic heterocycles. The Morgan fingerprint density at radius 3 is 2.91 bits per heavy atom. The molecule has 58 valence electrons. The molecule has 0 radical (unpaired) electrons. The van der Waals surface area contributed by atoms with E-state index in [-0.39, 0.29) is 12.4 Å². The molecule has 2 heterocycles. The molecule has 0 spiro atoms. The first-order valence-electron chi connectivity index (χ1n) is 3.45. The monoisotopic (exact) mass is 167 g/mol. The molecule has 11 heavy (non-hydrogen) atoms. The molecule has 2 heteroatoms. The van der Waals surface area contributed by atoms with Crippen LogP contribution in [0.15, 0.2) is 48.4 Å². The second-order valence-electron chi connectivity index (χ2n) is 2.37. The topological polar surface area (TPSA) is 3.24 Å². The van der Waals surface area contributed by atoms with Crippen molar-refractivity contribution in [2.75, 3.05) is 6.54 Å². The zero-order valence-electron chi connectivity index (χ0n) is 6.10. The first-order valence-corrected chi connectivity index (χ1v) is 3.45. The largest absolute Gasteiger partial charge is 0.344 e. The quantitative estimate of drug-likeness (QED) is 0.535. The van der Waals surface area contributed by atoms with Crippen LogP contribution in [-0.2, 0) is 0 Å². The van der Waals surface area contributed by atoms with Gasteiger partial charge in [0.1, 0.15) is 0 Å². The summed E-state index contributed by atoms with van der Waals surface area (Å²) in [5.74, 6) is 0. The zero-order chi connectivity index (χ0) is 6.81. The summed E-state index contributed by atoms with van der Waals surface area (Å²) in [6.07, 6.45) is 14.7. The summed E-state index contributed by atoms with van der Waals surface area (Å²) < 4.78 is 0. The minimum atomic E-state index is 0. The predicted octanol–water partition coefficient (Wildman–Crippen LogP) is 2.25. The minimum Gasteiger partial charge on any atom is -0.344 e. The predicted molar refractivity (Wildman–Crippen MR) is 49.5 cm³/mol. The third-order valence-corrected chi connectivity index (χ3v) is 1.68. The van der Waals surface area contributed by atoms with Crippen LogP contribution in [-0.4, -0.2) is 11.4 Å². The van der Waals surface area contributed by atoms with Gasteiger partial charge in [-0.2, -0.15) is 0 Å². The maximum Gasteiger partial charge on any atom is 0.0409 e. The number of allylic oxidation sites excluding steroid dienone is 5. The molecule has 0 aromatic rings. The molecular formula is C9H10ClN. The van der Waals surface area contributed by atoms with Crippen molar-refractivity contribution < 1.29 is 0 Å². The van der Waals surface area contributed by atoms with E-state index in [0.717, 1.165) is 6.54 Å². The minimum absolute atomic E-state index is 0. The average molecular weight is 168 g/mol. The van der Waals surface area contributed by atoms with Crippen molar-refractivity contribution in [1.29, 1.82) is 0 Å². The Morgan fingerprint density at radius 2 is 2.09 bits per heavy atom. The van der Waals surface area contributed by atoms with E-state index in [0.29, 0.717) is 0 Å². The highest BCUT2D eigenvalue weighted by atomic mass is 35.5. The van der Waals surface area contributed by atoms with Crippen LogP contribution in [0, 0.1) is 0 Å². The Hall–Kier alpha value is -0.950. The van der Waals surface area contributed by atoms with Crippen molar-refractivity contribution in [3.63, 3.8) is 0 Å². The highest BCUT2D eigenvalue weighted by Crippen LogP contribution is 2.14. The number of nitrogens with zero attached hydrogens (tertiary/aromatic N) is 1. The highest BCUT2D eigenvalue weighted by molar-refractivity contribution is 5.85. The van der Waals surface area contributed by atoms with Gasteiger partial charge in [0.2, 0.25) is 0 Å². The maximum atomic E-state index is 2.21. The van der Waals surface area contributed by atoms with Crippen LogP contribution >= 0.6 is 12.4 Å². The molecule has 0 unspecified atom stereocenters. The van der Waals surface area contributed by atoms with Crippen molar-refractivity contribution in [2.24, 2.45) is 0 Å². The molecule has 0 bridgehead atoms. The van der Waals surface area contributed by atoms with E-state index in [2.05, 4.69) is 47.6 Å². The number of rotatable bonds is 0. The summed E-state index contributed by atoms with van der Waals surface area (Å²) in [6, 6.07) is 0. The molecule has 0 N–H and O–H groups in total. The van der Waals surface area contributed by atoms with Crippen LogP contribution in [0.3, 0.4) is 0 Å². The van der Waals surface area contributed by atoms with E-state index in [1.54, 1.807) is 0 Å². The molecule has 0 amide bonds. The second-order valence-corrected chi connectivity index (χ2v) is 2.37. The van der Waals surface area contributed by atoms with Gasteiger partial charge in [-0.15, -0.1) is 12.4 Å². The lowest BCUT2D eigenvalue weighted by molar-refractivity contribution is 0.523. The van der Waals surface area contributed by atoms with Crippen LogP contribution in [0.5, 0.6) is 0 Å². The molecule has 2 aliphatic rings. The Bertz CT molecular complexity index is 248. The fraction of sp³-hybridized carbons (Fsp3) is 0.111. The van der Waals surface area contributed by atoms with Gasteiger partial charge in [0.05, 0.1) is 0 Å². The summed E-state index contributed by atoms with van der Waals surface area (Å²) >= 11 is 0. The third kappa shape index (κ3) is 1.55. The highest BCUT2D eigenvalue weighted by Gasteiger charge is 2.05. The fourth-order valence-electron chi connectivity index (χ4n) is 1.15. The van der Waals surface area contributed by atoms with Crippen molar-refractivity contribution in [2.45, 2.75) is 0 Å². The van der Waals surface area contributed by atoms with Gasteiger partial charge in [-0.1, -0.05) is 18.2 Å². The van der Waals surface area contributed by atoms with E-state index >= 15 is 0 Å². The van der Waals surface area contributed by atoms with Crippen molar-refractivity contribution in [3.05, 3.63) is 48.4 Å².